The Hall–Kier alpha value is -1.13. The van der Waals surface area contributed by atoms with E-state index in [1.54, 1.807) is 0 Å². The van der Waals surface area contributed by atoms with Gasteiger partial charge in [-0.1, -0.05) is 67.1 Å². The molecule has 0 heterocycles. The summed E-state index contributed by atoms with van der Waals surface area (Å²) in [6.07, 6.45) is 13.8. The second-order valence-electron chi connectivity index (χ2n) is 5.57. The van der Waals surface area contributed by atoms with Gasteiger partial charge in [0.2, 0.25) is 0 Å². The summed E-state index contributed by atoms with van der Waals surface area (Å²) in [5, 5.41) is 2.99. The zero-order valence-corrected chi connectivity index (χ0v) is 13.8. The lowest BCUT2D eigenvalue weighted by atomic mass is 10.0. The second-order valence-corrected chi connectivity index (χ2v) is 7.91. The van der Waals surface area contributed by atoms with Gasteiger partial charge in [-0.3, -0.25) is 0 Å². The number of hydrogen-bond donors (Lipinski definition) is 0. The van der Waals surface area contributed by atoms with E-state index < -0.39 is 0 Å². The van der Waals surface area contributed by atoms with E-state index in [2.05, 4.69) is 86.3 Å². The van der Waals surface area contributed by atoms with Gasteiger partial charge in [0.25, 0.3) is 0 Å². The first-order valence-electron chi connectivity index (χ1n) is 8.02. The van der Waals surface area contributed by atoms with Crippen molar-refractivity contribution in [2.75, 3.05) is 6.16 Å². The Labute approximate surface area is 136 Å². The molecule has 0 atom stereocenters. The van der Waals surface area contributed by atoms with Crippen LogP contribution in [0.2, 0.25) is 0 Å². The average Bonchev–Trinajstić information content (AvgIpc) is 3.10. The maximum absolute atomic E-state index is 2.29. The van der Waals surface area contributed by atoms with E-state index in [4.69, 9.17) is 0 Å². The second kappa shape index (κ2) is 8.49. The van der Waals surface area contributed by atoms with E-state index in [0.29, 0.717) is 0 Å². The standard InChI is InChI=1S/C21H22P/c1-3-14-20(15-4-1)22(21-16-5-2-6-17-21)18-10-9-13-19-11-7-8-12-19/h1-8,11-12,14-17H,9-10,13,18H2. The van der Waals surface area contributed by atoms with Gasteiger partial charge in [-0.05, 0) is 69.1 Å². The fourth-order valence-electron chi connectivity index (χ4n) is 2.80. The van der Waals surface area contributed by atoms with Crippen molar-refractivity contribution in [2.24, 2.45) is 0 Å². The SMILES string of the molecule is [CH]1[CH][CH][C](CCCCP(c2ccccc2)c2ccccc2)[CH]1. The van der Waals surface area contributed by atoms with Crippen LogP contribution in [0.5, 0.6) is 0 Å². The van der Waals surface area contributed by atoms with Crippen molar-refractivity contribution in [1.29, 1.82) is 0 Å². The predicted octanol–water partition coefficient (Wildman–Crippen LogP) is 4.69. The van der Waals surface area contributed by atoms with Crippen molar-refractivity contribution >= 4 is 18.5 Å². The van der Waals surface area contributed by atoms with Crippen LogP contribution in [0.3, 0.4) is 0 Å². The number of unbranched alkanes of at least 4 members (excludes halogenated alkanes) is 1. The lowest BCUT2D eigenvalue weighted by Gasteiger charge is -2.19. The third kappa shape index (κ3) is 4.43. The number of rotatable bonds is 7. The molecule has 0 bridgehead atoms. The summed E-state index contributed by atoms with van der Waals surface area (Å²) in [5.41, 5.74) is 0. The lowest BCUT2D eigenvalue weighted by molar-refractivity contribution is 0.761. The quantitative estimate of drug-likeness (QED) is 0.514. The average molecular weight is 305 g/mol. The van der Waals surface area contributed by atoms with Gasteiger partial charge in [-0.15, -0.1) is 0 Å². The van der Waals surface area contributed by atoms with Crippen molar-refractivity contribution in [3.05, 3.63) is 92.3 Å². The van der Waals surface area contributed by atoms with Gasteiger partial charge < -0.3 is 0 Å². The van der Waals surface area contributed by atoms with Crippen LogP contribution in [0.15, 0.2) is 60.7 Å². The summed E-state index contributed by atoms with van der Waals surface area (Å²) < 4.78 is 0. The maximum atomic E-state index is 2.29. The molecule has 22 heavy (non-hydrogen) atoms. The largest absolute Gasteiger partial charge is 0.0622 e. The molecule has 111 valence electrons. The minimum Gasteiger partial charge on any atom is -0.0622 e. The molecule has 1 fully saturated rings. The zero-order chi connectivity index (χ0) is 15.0. The highest BCUT2D eigenvalue weighted by molar-refractivity contribution is 7.73. The molecule has 2 aromatic rings. The molecular formula is C21H22P. The molecule has 1 saturated carbocycles. The molecular weight excluding hydrogens is 283 g/mol. The van der Waals surface area contributed by atoms with Crippen LogP contribution in [0, 0.1) is 31.6 Å². The fraction of sp³-hybridized carbons (Fsp3) is 0.190. The van der Waals surface area contributed by atoms with Crippen LogP contribution in [0.4, 0.5) is 0 Å². The molecule has 0 aromatic heterocycles. The molecule has 0 aliphatic heterocycles. The van der Waals surface area contributed by atoms with Gasteiger partial charge in [0, 0.05) is 0 Å². The monoisotopic (exact) mass is 305 g/mol. The maximum Gasteiger partial charge on any atom is -0.0167 e. The predicted molar refractivity (Wildman–Crippen MR) is 98.2 cm³/mol. The number of hydrogen-bond acceptors (Lipinski definition) is 0. The minimum absolute atomic E-state index is 0.220. The first-order chi connectivity index (χ1) is 10.9. The van der Waals surface area contributed by atoms with Gasteiger partial charge >= 0.3 is 0 Å². The Kier molecular flexibility index (Phi) is 6.08. The summed E-state index contributed by atoms with van der Waals surface area (Å²) in [6, 6.07) is 22.0. The van der Waals surface area contributed by atoms with Crippen LogP contribution >= 0.6 is 7.92 Å². The van der Waals surface area contributed by atoms with Crippen molar-refractivity contribution in [2.45, 2.75) is 19.3 Å². The van der Waals surface area contributed by atoms with Crippen LogP contribution < -0.4 is 10.6 Å². The summed E-state index contributed by atoms with van der Waals surface area (Å²) in [6.45, 7) is 0. The number of benzene rings is 2. The summed E-state index contributed by atoms with van der Waals surface area (Å²) in [4.78, 5) is 0. The van der Waals surface area contributed by atoms with Gasteiger partial charge in [-0.2, -0.15) is 0 Å². The van der Waals surface area contributed by atoms with Crippen molar-refractivity contribution in [1.82, 2.24) is 0 Å². The highest BCUT2D eigenvalue weighted by Gasteiger charge is 2.17. The van der Waals surface area contributed by atoms with E-state index >= 15 is 0 Å². The van der Waals surface area contributed by atoms with Gasteiger partial charge in [0.15, 0.2) is 0 Å². The molecule has 0 spiro atoms. The van der Waals surface area contributed by atoms with Crippen molar-refractivity contribution in [3.63, 3.8) is 0 Å². The molecule has 2 aromatic carbocycles. The van der Waals surface area contributed by atoms with E-state index in [1.807, 2.05) is 0 Å². The van der Waals surface area contributed by atoms with Crippen molar-refractivity contribution < 1.29 is 0 Å². The van der Waals surface area contributed by atoms with Crippen molar-refractivity contribution in [3.8, 4) is 0 Å². The smallest absolute Gasteiger partial charge is 0.0167 e. The summed E-state index contributed by atoms with van der Waals surface area (Å²) in [5.74, 6) is 1.48. The van der Waals surface area contributed by atoms with E-state index in [1.165, 1.54) is 42.0 Å². The normalized spacial score (nSPS) is 15.5. The highest BCUT2D eigenvalue weighted by atomic mass is 31.1. The molecule has 0 saturated heterocycles. The Morgan fingerprint density at radius 1 is 0.636 bits per heavy atom. The lowest BCUT2D eigenvalue weighted by Crippen LogP contribution is -2.13. The zero-order valence-electron chi connectivity index (χ0n) is 12.9. The fourth-order valence-corrected chi connectivity index (χ4v) is 5.22. The summed E-state index contributed by atoms with van der Waals surface area (Å²) in [7, 11) is -0.220. The highest BCUT2D eigenvalue weighted by Crippen LogP contribution is 2.35. The molecule has 1 aliphatic rings. The van der Waals surface area contributed by atoms with Crippen LogP contribution in [0.25, 0.3) is 0 Å². The minimum atomic E-state index is -0.220. The molecule has 0 unspecified atom stereocenters. The van der Waals surface area contributed by atoms with Crippen LogP contribution in [-0.2, 0) is 0 Å². The van der Waals surface area contributed by atoms with Gasteiger partial charge in [0.05, 0.1) is 0 Å². The van der Waals surface area contributed by atoms with Crippen LogP contribution in [-0.4, -0.2) is 6.16 Å². The first kappa shape index (κ1) is 15.8. The molecule has 1 aliphatic carbocycles. The Balaban J connectivity index is 1.59. The van der Waals surface area contributed by atoms with E-state index in [0.717, 1.165) is 0 Å². The Morgan fingerprint density at radius 3 is 1.73 bits per heavy atom. The molecule has 0 N–H and O–H groups in total. The first-order valence-corrected chi connectivity index (χ1v) is 9.54. The molecule has 0 nitrogen and oxygen atoms in total. The van der Waals surface area contributed by atoms with Crippen LogP contribution in [0.1, 0.15) is 19.3 Å². The van der Waals surface area contributed by atoms with Gasteiger partial charge in [0.1, 0.15) is 0 Å². The third-order valence-corrected chi connectivity index (χ3v) is 6.57. The topological polar surface area (TPSA) is 0 Å². The van der Waals surface area contributed by atoms with Gasteiger partial charge in [-0.25, -0.2) is 0 Å². The Bertz CT molecular complexity index is 489. The molecule has 3 rings (SSSR count). The third-order valence-electron chi connectivity index (χ3n) is 3.96. The van der Waals surface area contributed by atoms with E-state index in [-0.39, 0.29) is 7.92 Å². The Morgan fingerprint density at radius 2 is 1.18 bits per heavy atom. The molecule has 5 radical (unpaired) electrons. The van der Waals surface area contributed by atoms with E-state index in [9.17, 15) is 0 Å². The summed E-state index contributed by atoms with van der Waals surface area (Å²) >= 11 is 0. The molecule has 1 heteroatoms. The molecule has 0 amide bonds.